The van der Waals surface area contributed by atoms with Crippen LogP contribution in [0.25, 0.3) is 5.69 Å². The maximum absolute atomic E-state index is 12.5. The molecule has 2 aromatic heterocycles. The Morgan fingerprint density at radius 1 is 1.25 bits per heavy atom. The summed E-state index contributed by atoms with van der Waals surface area (Å²) in [6.07, 6.45) is -2.17. The number of rotatable bonds is 5. The molecule has 0 bridgehead atoms. The van der Waals surface area contributed by atoms with Gasteiger partial charge in [-0.3, -0.25) is 9.48 Å². The minimum atomic E-state index is -4.56. The van der Waals surface area contributed by atoms with Crippen molar-refractivity contribution in [1.29, 1.82) is 0 Å². The molecule has 0 saturated heterocycles. The molecule has 0 unspecified atom stereocenters. The third-order valence-corrected chi connectivity index (χ3v) is 4.03. The van der Waals surface area contributed by atoms with Crippen molar-refractivity contribution in [3.8, 4) is 5.69 Å². The maximum atomic E-state index is 12.5. The van der Waals surface area contributed by atoms with Crippen LogP contribution >= 0.6 is 11.6 Å². The van der Waals surface area contributed by atoms with Gasteiger partial charge < -0.3 is 0 Å². The van der Waals surface area contributed by atoms with Gasteiger partial charge in [0, 0.05) is 6.20 Å². The summed E-state index contributed by atoms with van der Waals surface area (Å²) < 4.78 is 39.9. The SMILES string of the molecule is Cc1nn(-c2ccccc2)c(Cl)c1/C=N/NC(=O)Cn1ccc(C(F)(F)F)n1. The van der Waals surface area contributed by atoms with Gasteiger partial charge in [-0.2, -0.15) is 28.5 Å². The van der Waals surface area contributed by atoms with E-state index in [4.69, 9.17) is 11.6 Å². The van der Waals surface area contributed by atoms with Gasteiger partial charge in [0.05, 0.1) is 23.2 Å². The fraction of sp³-hybridized carbons (Fsp3) is 0.176. The van der Waals surface area contributed by atoms with E-state index >= 15 is 0 Å². The fourth-order valence-corrected chi connectivity index (χ4v) is 2.67. The Morgan fingerprint density at radius 2 is 1.96 bits per heavy atom. The Bertz CT molecular complexity index is 1010. The Balaban J connectivity index is 1.65. The van der Waals surface area contributed by atoms with E-state index < -0.39 is 24.3 Å². The van der Waals surface area contributed by atoms with Crippen molar-refractivity contribution < 1.29 is 18.0 Å². The van der Waals surface area contributed by atoms with E-state index in [0.717, 1.165) is 22.6 Å². The molecule has 7 nitrogen and oxygen atoms in total. The van der Waals surface area contributed by atoms with Crippen LogP contribution in [0.5, 0.6) is 0 Å². The number of nitrogens with zero attached hydrogens (tertiary/aromatic N) is 5. The first-order valence-electron chi connectivity index (χ1n) is 7.99. The van der Waals surface area contributed by atoms with Crippen LogP contribution in [-0.2, 0) is 17.5 Å². The minimum absolute atomic E-state index is 0.309. The zero-order valence-electron chi connectivity index (χ0n) is 14.5. The predicted molar refractivity (Wildman–Crippen MR) is 96.3 cm³/mol. The van der Waals surface area contributed by atoms with E-state index in [2.05, 4.69) is 20.7 Å². The molecule has 0 fully saturated rings. The van der Waals surface area contributed by atoms with Crippen LogP contribution in [0.15, 0.2) is 47.7 Å². The van der Waals surface area contributed by atoms with Gasteiger partial charge in [-0.25, -0.2) is 10.1 Å². The second-order valence-corrected chi connectivity index (χ2v) is 6.08. The molecule has 3 aromatic rings. The number of hydrazone groups is 1. The number of carbonyl (C=O) groups excluding carboxylic acids is 1. The van der Waals surface area contributed by atoms with Crippen molar-refractivity contribution >= 4 is 23.7 Å². The number of hydrogen-bond donors (Lipinski definition) is 1. The molecular weight excluding hydrogens is 397 g/mol. The van der Waals surface area contributed by atoms with Gasteiger partial charge in [0.2, 0.25) is 0 Å². The number of hydrogen-bond acceptors (Lipinski definition) is 4. The van der Waals surface area contributed by atoms with E-state index in [9.17, 15) is 18.0 Å². The number of aromatic nitrogens is 4. The number of aryl methyl sites for hydroxylation is 1. The van der Waals surface area contributed by atoms with E-state index in [1.165, 1.54) is 10.9 Å². The lowest BCUT2D eigenvalue weighted by atomic mass is 10.3. The molecular formula is C17H14ClF3N6O. The zero-order valence-corrected chi connectivity index (χ0v) is 15.2. The van der Waals surface area contributed by atoms with Gasteiger partial charge in [-0.05, 0) is 25.1 Å². The summed E-state index contributed by atoms with van der Waals surface area (Å²) in [5, 5.41) is 11.7. The molecule has 1 amide bonds. The summed E-state index contributed by atoms with van der Waals surface area (Å²) in [6.45, 7) is 1.32. The monoisotopic (exact) mass is 410 g/mol. The van der Waals surface area contributed by atoms with Crippen molar-refractivity contribution in [2.24, 2.45) is 5.10 Å². The summed E-state index contributed by atoms with van der Waals surface area (Å²) in [5.74, 6) is -0.641. The van der Waals surface area contributed by atoms with E-state index in [0.29, 0.717) is 16.4 Å². The third-order valence-electron chi connectivity index (χ3n) is 3.67. The quantitative estimate of drug-likeness (QED) is 0.518. The van der Waals surface area contributed by atoms with E-state index in [-0.39, 0.29) is 0 Å². The highest BCUT2D eigenvalue weighted by atomic mass is 35.5. The molecule has 1 aromatic carbocycles. The van der Waals surface area contributed by atoms with Crippen molar-refractivity contribution in [3.05, 3.63) is 64.7 Å². The number of para-hydroxylation sites is 1. The average Bonchev–Trinajstić information content (AvgIpc) is 3.22. The highest BCUT2D eigenvalue weighted by molar-refractivity contribution is 6.32. The first kappa shape index (κ1) is 19.6. The fourth-order valence-electron chi connectivity index (χ4n) is 2.35. The summed E-state index contributed by atoms with van der Waals surface area (Å²) >= 11 is 6.33. The molecule has 28 heavy (non-hydrogen) atoms. The molecule has 0 saturated carbocycles. The topological polar surface area (TPSA) is 77.1 Å². The highest BCUT2D eigenvalue weighted by Crippen LogP contribution is 2.27. The van der Waals surface area contributed by atoms with Crippen LogP contribution in [-0.4, -0.2) is 31.7 Å². The number of alkyl halides is 3. The van der Waals surface area contributed by atoms with Crippen LogP contribution in [0.3, 0.4) is 0 Å². The van der Waals surface area contributed by atoms with Gasteiger partial charge in [0.1, 0.15) is 11.7 Å². The molecule has 1 N–H and O–H groups in total. The van der Waals surface area contributed by atoms with Gasteiger partial charge in [-0.15, -0.1) is 0 Å². The maximum Gasteiger partial charge on any atom is 0.435 e. The van der Waals surface area contributed by atoms with Crippen LogP contribution in [0, 0.1) is 6.92 Å². The van der Waals surface area contributed by atoms with E-state index in [1.54, 1.807) is 6.92 Å². The minimum Gasteiger partial charge on any atom is -0.271 e. The van der Waals surface area contributed by atoms with Crippen molar-refractivity contribution in [2.75, 3.05) is 0 Å². The average molecular weight is 411 g/mol. The lowest BCUT2D eigenvalue weighted by molar-refractivity contribution is -0.141. The third kappa shape index (κ3) is 4.39. The second-order valence-electron chi connectivity index (χ2n) is 5.73. The molecule has 11 heteroatoms. The number of nitrogens with one attached hydrogen (secondary N) is 1. The summed E-state index contributed by atoms with van der Waals surface area (Å²) in [5.41, 5.74) is 3.01. The van der Waals surface area contributed by atoms with Crippen LogP contribution in [0.4, 0.5) is 13.2 Å². The van der Waals surface area contributed by atoms with Gasteiger partial charge in [0.15, 0.2) is 5.69 Å². The molecule has 0 spiro atoms. The number of amides is 1. The zero-order chi connectivity index (χ0) is 20.3. The smallest absolute Gasteiger partial charge is 0.271 e. The summed E-state index contributed by atoms with van der Waals surface area (Å²) in [4.78, 5) is 11.8. The number of benzene rings is 1. The molecule has 0 aliphatic heterocycles. The van der Waals surface area contributed by atoms with Crippen molar-refractivity contribution in [3.63, 3.8) is 0 Å². The number of halogens is 4. The predicted octanol–water partition coefficient (Wildman–Crippen LogP) is 3.20. The molecule has 2 heterocycles. The Kier molecular flexibility index (Phi) is 5.50. The van der Waals surface area contributed by atoms with Gasteiger partial charge in [0.25, 0.3) is 5.91 Å². The van der Waals surface area contributed by atoms with Crippen LogP contribution < -0.4 is 5.43 Å². The Hall–Kier alpha value is -3.14. The molecule has 0 aliphatic rings. The first-order chi connectivity index (χ1) is 13.3. The summed E-state index contributed by atoms with van der Waals surface area (Å²) in [6, 6.07) is 10.0. The highest BCUT2D eigenvalue weighted by Gasteiger charge is 2.33. The molecule has 3 rings (SSSR count). The molecule has 146 valence electrons. The normalized spacial score (nSPS) is 11.9. The summed E-state index contributed by atoms with van der Waals surface area (Å²) in [7, 11) is 0. The van der Waals surface area contributed by atoms with Gasteiger partial charge in [-0.1, -0.05) is 29.8 Å². The van der Waals surface area contributed by atoms with Crippen LogP contribution in [0.2, 0.25) is 5.15 Å². The Morgan fingerprint density at radius 3 is 2.61 bits per heavy atom. The van der Waals surface area contributed by atoms with Crippen LogP contribution in [0.1, 0.15) is 17.0 Å². The molecule has 0 aliphatic carbocycles. The lowest BCUT2D eigenvalue weighted by Crippen LogP contribution is -2.23. The van der Waals surface area contributed by atoms with Crippen molar-refractivity contribution in [2.45, 2.75) is 19.6 Å². The first-order valence-corrected chi connectivity index (χ1v) is 8.36. The Labute approximate surface area is 162 Å². The number of carbonyl (C=O) groups is 1. The van der Waals surface area contributed by atoms with Gasteiger partial charge >= 0.3 is 6.18 Å². The molecule has 0 atom stereocenters. The second kappa shape index (κ2) is 7.85. The molecule has 0 radical (unpaired) electrons. The largest absolute Gasteiger partial charge is 0.435 e. The van der Waals surface area contributed by atoms with Crippen molar-refractivity contribution in [1.82, 2.24) is 25.0 Å². The van der Waals surface area contributed by atoms with E-state index in [1.807, 2.05) is 30.3 Å². The lowest BCUT2D eigenvalue weighted by Gasteiger charge is -2.02. The standard InChI is InChI=1S/C17H14ClF3N6O/c1-11-13(16(18)27(24-11)12-5-3-2-4-6-12)9-22-23-15(28)10-26-8-7-14(25-26)17(19,20)21/h2-9H,10H2,1H3,(H,23,28)/b22-9+.